The standard InChI is InChI=1S/C21H25N5O2S/c1-5-20(27)22-18-12-14(26(6-2)7-3)8-10-16(18)24-25-21-23-17-11-9-15(28-4)13-19(17)29-21/h8-13H,5-7H2,1-4H3,(H,22,27). The maximum atomic E-state index is 12.0. The lowest BCUT2D eigenvalue weighted by molar-refractivity contribution is -0.115. The highest BCUT2D eigenvalue weighted by Crippen LogP contribution is 2.34. The van der Waals surface area contributed by atoms with Gasteiger partial charge in [0.2, 0.25) is 11.0 Å². The lowest BCUT2D eigenvalue weighted by Crippen LogP contribution is -2.22. The first kappa shape index (κ1) is 20.7. The molecule has 3 aromatic rings. The second kappa shape index (κ2) is 9.47. The molecule has 0 aliphatic rings. The van der Waals surface area contributed by atoms with Gasteiger partial charge in [-0.2, -0.15) is 0 Å². The Bertz CT molecular complexity index is 1030. The summed E-state index contributed by atoms with van der Waals surface area (Å²) in [6, 6.07) is 11.5. The minimum atomic E-state index is -0.0646. The van der Waals surface area contributed by atoms with Crippen LogP contribution in [0.3, 0.4) is 0 Å². The van der Waals surface area contributed by atoms with Crippen molar-refractivity contribution in [1.82, 2.24) is 4.98 Å². The van der Waals surface area contributed by atoms with E-state index in [0.717, 1.165) is 34.7 Å². The van der Waals surface area contributed by atoms with Crippen molar-refractivity contribution < 1.29 is 9.53 Å². The number of nitrogens with zero attached hydrogens (tertiary/aromatic N) is 4. The number of anilines is 2. The Morgan fingerprint density at radius 2 is 1.93 bits per heavy atom. The van der Waals surface area contributed by atoms with Crippen LogP contribution in [-0.2, 0) is 4.79 Å². The molecule has 0 saturated carbocycles. The molecule has 29 heavy (non-hydrogen) atoms. The Labute approximate surface area is 174 Å². The molecule has 1 N–H and O–H groups in total. The van der Waals surface area contributed by atoms with E-state index in [1.165, 1.54) is 11.3 Å². The van der Waals surface area contributed by atoms with Crippen LogP contribution in [-0.4, -0.2) is 31.1 Å². The maximum absolute atomic E-state index is 12.0. The van der Waals surface area contributed by atoms with Gasteiger partial charge in [0.15, 0.2) is 0 Å². The van der Waals surface area contributed by atoms with Crippen LogP contribution in [0.2, 0.25) is 0 Å². The van der Waals surface area contributed by atoms with Gasteiger partial charge in [0.1, 0.15) is 11.4 Å². The van der Waals surface area contributed by atoms with Gasteiger partial charge in [-0.3, -0.25) is 4.79 Å². The molecule has 0 aliphatic carbocycles. The molecule has 3 rings (SSSR count). The van der Waals surface area contributed by atoms with Crippen molar-refractivity contribution in [3.05, 3.63) is 36.4 Å². The predicted molar refractivity (Wildman–Crippen MR) is 119 cm³/mol. The molecular weight excluding hydrogens is 386 g/mol. The molecule has 1 heterocycles. The molecule has 0 spiro atoms. The van der Waals surface area contributed by atoms with E-state index in [2.05, 4.69) is 39.3 Å². The minimum absolute atomic E-state index is 0.0646. The van der Waals surface area contributed by atoms with Gasteiger partial charge in [0.05, 0.1) is 23.0 Å². The summed E-state index contributed by atoms with van der Waals surface area (Å²) in [7, 11) is 1.64. The van der Waals surface area contributed by atoms with Crippen molar-refractivity contribution in [3.8, 4) is 5.75 Å². The first-order chi connectivity index (χ1) is 14.1. The molecule has 0 unspecified atom stereocenters. The van der Waals surface area contributed by atoms with Crippen LogP contribution in [0.1, 0.15) is 27.2 Å². The number of carbonyl (C=O) groups is 1. The molecular formula is C21H25N5O2S. The summed E-state index contributed by atoms with van der Waals surface area (Å²) < 4.78 is 6.23. The summed E-state index contributed by atoms with van der Waals surface area (Å²) in [6.07, 6.45) is 0.395. The Kier molecular flexibility index (Phi) is 6.77. The lowest BCUT2D eigenvalue weighted by atomic mass is 10.2. The number of rotatable bonds is 8. The number of hydrogen-bond acceptors (Lipinski definition) is 7. The summed E-state index contributed by atoms with van der Waals surface area (Å²) >= 11 is 1.44. The molecule has 0 radical (unpaired) electrons. The summed E-state index contributed by atoms with van der Waals surface area (Å²) in [5.74, 6) is 0.714. The number of carbonyl (C=O) groups excluding carboxylic acids is 1. The van der Waals surface area contributed by atoms with Crippen LogP contribution in [0.25, 0.3) is 10.2 Å². The van der Waals surface area contributed by atoms with E-state index in [-0.39, 0.29) is 5.91 Å². The number of fused-ring (bicyclic) bond motifs is 1. The number of benzene rings is 2. The highest BCUT2D eigenvalue weighted by molar-refractivity contribution is 7.21. The molecule has 152 valence electrons. The number of hydrogen-bond donors (Lipinski definition) is 1. The zero-order valence-corrected chi connectivity index (χ0v) is 17.9. The van der Waals surface area contributed by atoms with Gasteiger partial charge in [0, 0.05) is 25.2 Å². The Balaban J connectivity index is 1.92. The number of ether oxygens (including phenoxy) is 1. The molecule has 0 bridgehead atoms. The third-order valence-corrected chi connectivity index (χ3v) is 5.43. The minimum Gasteiger partial charge on any atom is -0.497 e. The van der Waals surface area contributed by atoms with Gasteiger partial charge in [-0.1, -0.05) is 18.3 Å². The van der Waals surface area contributed by atoms with E-state index in [1.54, 1.807) is 7.11 Å². The molecule has 0 saturated heterocycles. The smallest absolute Gasteiger partial charge is 0.231 e. The predicted octanol–water partition coefficient (Wildman–Crippen LogP) is 5.92. The monoisotopic (exact) mass is 411 g/mol. The summed E-state index contributed by atoms with van der Waals surface area (Å²) in [4.78, 5) is 18.7. The van der Waals surface area contributed by atoms with E-state index in [0.29, 0.717) is 22.9 Å². The molecule has 0 aliphatic heterocycles. The molecule has 2 aromatic carbocycles. The van der Waals surface area contributed by atoms with Gasteiger partial charge in [-0.25, -0.2) is 4.98 Å². The number of aromatic nitrogens is 1. The molecule has 0 fully saturated rings. The molecule has 7 nitrogen and oxygen atoms in total. The fourth-order valence-electron chi connectivity index (χ4n) is 2.89. The Hall–Kier alpha value is -3.00. The van der Waals surface area contributed by atoms with Crippen LogP contribution in [0.15, 0.2) is 46.6 Å². The highest BCUT2D eigenvalue weighted by Gasteiger charge is 2.11. The largest absolute Gasteiger partial charge is 0.497 e. The first-order valence-electron chi connectivity index (χ1n) is 9.63. The van der Waals surface area contributed by atoms with Crippen LogP contribution >= 0.6 is 11.3 Å². The van der Waals surface area contributed by atoms with Crippen molar-refractivity contribution in [2.75, 3.05) is 30.4 Å². The van der Waals surface area contributed by atoms with E-state index < -0.39 is 0 Å². The van der Waals surface area contributed by atoms with Crippen LogP contribution in [0.5, 0.6) is 5.75 Å². The number of azo groups is 1. The van der Waals surface area contributed by atoms with Crippen molar-refractivity contribution in [2.45, 2.75) is 27.2 Å². The Morgan fingerprint density at radius 1 is 1.14 bits per heavy atom. The molecule has 1 aromatic heterocycles. The first-order valence-corrected chi connectivity index (χ1v) is 10.4. The van der Waals surface area contributed by atoms with Crippen molar-refractivity contribution >= 4 is 49.7 Å². The zero-order valence-electron chi connectivity index (χ0n) is 17.1. The third-order valence-electron chi connectivity index (χ3n) is 4.53. The maximum Gasteiger partial charge on any atom is 0.231 e. The number of thiazole rings is 1. The average Bonchev–Trinajstić information content (AvgIpc) is 3.15. The highest BCUT2D eigenvalue weighted by atomic mass is 32.1. The summed E-state index contributed by atoms with van der Waals surface area (Å²) in [5.41, 5.74) is 3.13. The summed E-state index contributed by atoms with van der Waals surface area (Å²) in [5, 5.41) is 12.1. The quantitative estimate of drug-likeness (QED) is 0.467. The lowest BCUT2D eigenvalue weighted by Gasteiger charge is -2.22. The fourth-order valence-corrected chi connectivity index (χ4v) is 3.71. The van der Waals surface area contributed by atoms with Crippen LogP contribution in [0, 0.1) is 0 Å². The molecule has 0 atom stereocenters. The Morgan fingerprint density at radius 3 is 2.62 bits per heavy atom. The van der Waals surface area contributed by atoms with Gasteiger partial charge < -0.3 is 15.0 Å². The number of methoxy groups -OCH3 is 1. The van der Waals surface area contributed by atoms with E-state index in [1.807, 2.05) is 43.3 Å². The molecule has 8 heteroatoms. The van der Waals surface area contributed by atoms with Gasteiger partial charge in [-0.15, -0.1) is 10.2 Å². The van der Waals surface area contributed by atoms with Gasteiger partial charge in [0.25, 0.3) is 0 Å². The second-order valence-electron chi connectivity index (χ2n) is 6.31. The normalized spacial score (nSPS) is 11.2. The zero-order chi connectivity index (χ0) is 20.8. The number of amides is 1. The van der Waals surface area contributed by atoms with Crippen LogP contribution < -0.4 is 15.0 Å². The van der Waals surface area contributed by atoms with E-state index >= 15 is 0 Å². The van der Waals surface area contributed by atoms with Gasteiger partial charge >= 0.3 is 0 Å². The SMILES string of the molecule is CCC(=O)Nc1cc(N(CC)CC)ccc1N=Nc1nc2ccc(OC)cc2s1. The van der Waals surface area contributed by atoms with Crippen LogP contribution in [0.4, 0.5) is 22.2 Å². The topological polar surface area (TPSA) is 79.2 Å². The third kappa shape index (κ3) is 4.89. The van der Waals surface area contributed by atoms with Crippen molar-refractivity contribution in [3.63, 3.8) is 0 Å². The van der Waals surface area contributed by atoms with E-state index in [4.69, 9.17) is 4.74 Å². The van der Waals surface area contributed by atoms with E-state index in [9.17, 15) is 4.79 Å². The second-order valence-corrected chi connectivity index (χ2v) is 7.31. The fraction of sp³-hybridized carbons (Fsp3) is 0.333. The van der Waals surface area contributed by atoms with Crippen molar-refractivity contribution in [1.29, 1.82) is 0 Å². The molecule has 1 amide bonds. The summed E-state index contributed by atoms with van der Waals surface area (Å²) in [6.45, 7) is 7.79. The number of nitrogens with one attached hydrogen (secondary N) is 1. The average molecular weight is 412 g/mol. The van der Waals surface area contributed by atoms with Crippen molar-refractivity contribution in [2.24, 2.45) is 10.2 Å². The van der Waals surface area contributed by atoms with Gasteiger partial charge in [-0.05, 0) is 50.2 Å².